The van der Waals surface area contributed by atoms with E-state index in [2.05, 4.69) is 4.90 Å². The molecule has 3 aromatic rings. The Balaban J connectivity index is 1.52. The summed E-state index contributed by atoms with van der Waals surface area (Å²) in [7, 11) is 1.59. The summed E-state index contributed by atoms with van der Waals surface area (Å²) in [6.07, 6.45) is 2.87. The molecule has 0 saturated carbocycles. The zero-order valence-electron chi connectivity index (χ0n) is 17.3. The van der Waals surface area contributed by atoms with Gasteiger partial charge < -0.3 is 14.1 Å². The van der Waals surface area contributed by atoms with Crippen molar-refractivity contribution in [1.29, 1.82) is 0 Å². The highest BCUT2D eigenvalue weighted by atomic mass is 19.2. The Kier molecular flexibility index (Phi) is 6.32. The van der Waals surface area contributed by atoms with Gasteiger partial charge in [-0.25, -0.2) is 8.78 Å². The maximum absolute atomic E-state index is 14.0. The Morgan fingerprint density at radius 2 is 1.90 bits per heavy atom. The molecule has 5 nitrogen and oxygen atoms in total. The number of carbonyl (C=O) groups excluding carboxylic acids is 1. The average Bonchev–Trinajstić information content (AvgIpc) is 3.33. The molecule has 2 aromatic carbocycles. The number of ether oxygens (including phenoxy) is 1. The number of carbonyl (C=O) groups is 1. The van der Waals surface area contributed by atoms with Crippen LogP contribution in [0.3, 0.4) is 0 Å². The molecule has 0 bridgehead atoms. The summed E-state index contributed by atoms with van der Waals surface area (Å²) in [5.41, 5.74) is 1.07. The predicted molar refractivity (Wildman–Crippen MR) is 113 cm³/mol. The van der Waals surface area contributed by atoms with Crippen LogP contribution in [0.5, 0.6) is 5.75 Å². The van der Waals surface area contributed by atoms with Crippen molar-refractivity contribution in [3.63, 3.8) is 0 Å². The van der Waals surface area contributed by atoms with E-state index in [9.17, 15) is 13.6 Å². The molecule has 2 heterocycles. The molecule has 0 N–H and O–H groups in total. The Morgan fingerprint density at radius 1 is 1.13 bits per heavy atom. The zero-order chi connectivity index (χ0) is 21.8. The van der Waals surface area contributed by atoms with Crippen molar-refractivity contribution in [2.45, 2.75) is 25.4 Å². The molecule has 7 heteroatoms. The number of benzene rings is 2. The smallest absolute Gasteiger partial charge is 0.294 e. The SMILES string of the molecule is COc1cccc(N(C(=O)c2ccco2)C2CCN(Cc3cccc(F)c3F)CC2)c1. The highest BCUT2D eigenvalue weighted by molar-refractivity contribution is 6.04. The van der Waals surface area contributed by atoms with Gasteiger partial charge in [-0.3, -0.25) is 9.69 Å². The molecule has 0 radical (unpaired) electrons. The predicted octanol–water partition coefficient (Wildman–Crippen LogP) is 4.88. The largest absolute Gasteiger partial charge is 0.497 e. The molecule has 162 valence electrons. The Bertz CT molecular complexity index is 1030. The first-order chi connectivity index (χ1) is 15.1. The van der Waals surface area contributed by atoms with Crippen molar-refractivity contribution in [3.05, 3.63) is 83.8 Å². The lowest BCUT2D eigenvalue weighted by atomic mass is 10.0. The minimum atomic E-state index is -0.833. The van der Waals surface area contributed by atoms with Crippen LogP contribution in [0.25, 0.3) is 0 Å². The van der Waals surface area contributed by atoms with Crippen LogP contribution in [0.1, 0.15) is 29.0 Å². The second-order valence-corrected chi connectivity index (χ2v) is 7.57. The quantitative estimate of drug-likeness (QED) is 0.564. The van der Waals surface area contributed by atoms with Crippen LogP contribution < -0.4 is 9.64 Å². The molecule has 0 unspecified atom stereocenters. The zero-order valence-corrected chi connectivity index (χ0v) is 17.3. The van der Waals surface area contributed by atoms with Crippen LogP contribution in [0.4, 0.5) is 14.5 Å². The molecule has 1 aliphatic heterocycles. The van der Waals surface area contributed by atoms with Crippen molar-refractivity contribution in [1.82, 2.24) is 4.90 Å². The average molecular weight is 426 g/mol. The second kappa shape index (κ2) is 9.31. The molecule has 1 saturated heterocycles. The number of halogens is 2. The van der Waals surface area contributed by atoms with E-state index in [1.165, 1.54) is 12.3 Å². The molecule has 1 aliphatic rings. The van der Waals surface area contributed by atoms with Gasteiger partial charge in [-0.1, -0.05) is 18.2 Å². The van der Waals surface area contributed by atoms with Gasteiger partial charge in [0.15, 0.2) is 17.4 Å². The van der Waals surface area contributed by atoms with Gasteiger partial charge in [0.1, 0.15) is 5.75 Å². The first kappa shape index (κ1) is 21.1. The normalized spacial score (nSPS) is 15.1. The minimum Gasteiger partial charge on any atom is -0.497 e. The van der Waals surface area contributed by atoms with Gasteiger partial charge in [-0.2, -0.15) is 0 Å². The number of piperidine rings is 1. The Hall–Kier alpha value is -3.19. The van der Waals surface area contributed by atoms with E-state index in [1.54, 1.807) is 30.2 Å². The van der Waals surface area contributed by atoms with Gasteiger partial charge in [0, 0.05) is 43.0 Å². The number of furan rings is 1. The standard InChI is InChI=1S/C24H24F2N2O3/c1-30-20-7-3-6-19(15-20)28(24(29)22-9-4-14-31-22)18-10-12-27(13-11-18)16-17-5-2-8-21(25)23(17)26/h2-9,14-15,18H,10-13,16H2,1H3. The van der Waals surface area contributed by atoms with Gasteiger partial charge in [0.05, 0.1) is 13.4 Å². The van der Waals surface area contributed by atoms with Gasteiger partial charge in [-0.05, 0) is 43.2 Å². The van der Waals surface area contributed by atoms with Crippen LogP contribution >= 0.6 is 0 Å². The first-order valence-corrected chi connectivity index (χ1v) is 10.2. The van der Waals surface area contributed by atoms with Crippen molar-refractivity contribution < 1.29 is 22.7 Å². The van der Waals surface area contributed by atoms with E-state index in [0.717, 1.165) is 11.8 Å². The minimum absolute atomic E-state index is 0.0571. The maximum atomic E-state index is 14.0. The van der Waals surface area contributed by atoms with Crippen LogP contribution in [0, 0.1) is 11.6 Å². The summed E-state index contributed by atoms with van der Waals surface area (Å²) in [5, 5.41) is 0. The van der Waals surface area contributed by atoms with Crippen LogP contribution in [0.2, 0.25) is 0 Å². The summed E-state index contributed by atoms with van der Waals surface area (Å²) >= 11 is 0. The molecule has 1 aromatic heterocycles. The third-order valence-electron chi connectivity index (χ3n) is 5.63. The molecule has 1 fully saturated rings. The third kappa shape index (κ3) is 4.61. The van der Waals surface area contributed by atoms with Crippen LogP contribution in [-0.2, 0) is 6.54 Å². The lowest BCUT2D eigenvalue weighted by Crippen LogP contribution is -2.47. The topological polar surface area (TPSA) is 45.9 Å². The molecule has 0 aliphatic carbocycles. The van der Waals surface area contributed by atoms with E-state index in [4.69, 9.17) is 9.15 Å². The summed E-state index contributed by atoms with van der Waals surface area (Å²) < 4.78 is 38.2. The van der Waals surface area contributed by atoms with Crippen LogP contribution in [-0.4, -0.2) is 37.0 Å². The van der Waals surface area contributed by atoms with E-state index < -0.39 is 11.6 Å². The van der Waals surface area contributed by atoms with Gasteiger partial charge >= 0.3 is 0 Å². The fourth-order valence-electron chi connectivity index (χ4n) is 4.02. The van der Waals surface area contributed by atoms with Crippen LogP contribution in [0.15, 0.2) is 65.3 Å². The molecular weight excluding hydrogens is 402 g/mol. The van der Waals surface area contributed by atoms with E-state index in [0.29, 0.717) is 43.8 Å². The molecule has 1 amide bonds. The van der Waals surface area contributed by atoms with E-state index >= 15 is 0 Å². The number of likely N-dealkylation sites (tertiary alicyclic amines) is 1. The third-order valence-corrected chi connectivity index (χ3v) is 5.63. The van der Waals surface area contributed by atoms with Crippen molar-refractivity contribution in [2.24, 2.45) is 0 Å². The number of hydrogen-bond donors (Lipinski definition) is 0. The molecule has 4 rings (SSSR count). The van der Waals surface area contributed by atoms with Crippen molar-refractivity contribution in [2.75, 3.05) is 25.1 Å². The molecular formula is C24H24F2N2O3. The lowest BCUT2D eigenvalue weighted by Gasteiger charge is -2.38. The van der Waals surface area contributed by atoms with Crippen molar-refractivity contribution in [3.8, 4) is 5.75 Å². The summed E-state index contributed by atoms with van der Waals surface area (Å²) in [6.45, 7) is 1.65. The number of nitrogens with zero attached hydrogens (tertiary/aromatic N) is 2. The second-order valence-electron chi connectivity index (χ2n) is 7.57. The van der Waals surface area contributed by atoms with E-state index in [-0.39, 0.29) is 17.7 Å². The summed E-state index contributed by atoms with van der Waals surface area (Å²) in [5.74, 6) is -0.912. The summed E-state index contributed by atoms with van der Waals surface area (Å²) in [6, 6.07) is 14.9. The summed E-state index contributed by atoms with van der Waals surface area (Å²) in [4.78, 5) is 17.1. The Labute approximate surface area is 179 Å². The highest BCUT2D eigenvalue weighted by Gasteiger charge is 2.31. The number of methoxy groups -OCH3 is 1. The Morgan fingerprint density at radius 3 is 2.61 bits per heavy atom. The number of amides is 1. The fourth-order valence-corrected chi connectivity index (χ4v) is 4.02. The maximum Gasteiger partial charge on any atom is 0.294 e. The molecule has 31 heavy (non-hydrogen) atoms. The van der Waals surface area contributed by atoms with Gasteiger partial charge in [0.25, 0.3) is 5.91 Å². The number of hydrogen-bond acceptors (Lipinski definition) is 4. The number of rotatable bonds is 6. The fraction of sp³-hybridized carbons (Fsp3) is 0.292. The van der Waals surface area contributed by atoms with Crippen molar-refractivity contribution >= 4 is 11.6 Å². The first-order valence-electron chi connectivity index (χ1n) is 10.2. The monoisotopic (exact) mass is 426 g/mol. The lowest BCUT2D eigenvalue weighted by molar-refractivity contribution is 0.0931. The molecule has 0 spiro atoms. The van der Waals surface area contributed by atoms with E-state index in [1.807, 2.05) is 24.3 Å². The highest BCUT2D eigenvalue weighted by Crippen LogP contribution is 2.29. The van der Waals surface area contributed by atoms with Gasteiger partial charge in [-0.15, -0.1) is 0 Å². The molecule has 0 atom stereocenters. The number of anilines is 1. The van der Waals surface area contributed by atoms with Gasteiger partial charge in [0.2, 0.25) is 0 Å².